The van der Waals surface area contributed by atoms with Crippen LogP contribution < -0.4 is 5.32 Å². The van der Waals surface area contributed by atoms with E-state index in [0.29, 0.717) is 12.8 Å². The van der Waals surface area contributed by atoms with Crippen molar-refractivity contribution in [3.63, 3.8) is 0 Å². The molecule has 0 radical (unpaired) electrons. The number of carboxylic acids is 1. The smallest absolute Gasteiger partial charge is 0.329 e. The number of amides is 1. The number of nitrogens with one attached hydrogen (secondary N) is 1. The van der Waals surface area contributed by atoms with E-state index in [1.54, 1.807) is 0 Å². The van der Waals surface area contributed by atoms with Crippen LogP contribution in [0.1, 0.15) is 36.0 Å². The van der Waals surface area contributed by atoms with Gasteiger partial charge in [-0.05, 0) is 31.0 Å². The molecule has 5 nitrogen and oxygen atoms in total. The number of halogens is 1. The van der Waals surface area contributed by atoms with Crippen LogP contribution in [0.15, 0.2) is 18.2 Å². The SMILES string of the molecule is O=C(NC1(C(=O)O)CCCC1)c1ccc(O)c(Cl)c1. The van der Waals surface area contributed by atoms with E-state index in [-0.39, 0.29) is 16.3 Å². The van der Waals surface area contributed by atoms with Gasteiger partial charge in [-0.3, -0.25) is 4.79 Å². The van der Waals surface area contributed by atoms with Crippen molar-refractivity contribution >= 4 is 23.5 Å². The molecule has 102 valence electrons. The lowest BCUT2D eigenvalue weighted by molar-refractivity contribution is -0.144. The molecule has 0 atom stereocenters. The summed E-state index contributed by atoms with van der Waals surface area (Å²) in [4.78, 5) is 23.4. The van der Waals surface area contributed by atoms with E-state index in [2.05, 4.69) is 5.32 Å². The van der Waals surface area contributed by atoms with E-state index in [9.17, 15) is 19.8 Å². The maximum Gasteiger partial charge on any atom is 0.329 e. The highest BCUT2D eigenvalue weighted by molar-refractivity contribution is 6.32. The average molecular weight is 284 g/mol. The van der Waals surface area contributed by atoms with E-state index in [4.69, 9.17) is 11.6 Å². The van der Waals surface area contributed by atoms with Crippen LogP contribution in [0.2, 0.25) is 5.02 Å². The highest BCUT2D eigenvalue weighted by Gasteiger charge is 2.42. The predicted molar refractivity (Wildman–Crippen MR) is 69.4 cm³/mol. The van der Waals surface area contributed by atoms with Gasteiger partial charge in [0.25, 0.3) is 5.91 Å². The molecule has 2 rings (SSSR count). The number of carbonyl (C=O) groups excluding carboxylic acids is 1. The zero-order valence-corrected chi connectivity index (χ0v) is 10.9. The first-order chi connectivity index (χ1) is 8.94. The van der Waals surface area contributed by atoms with Gasteiger partial charge in [-0.15, -0.1) is 0 Å². The molecule has 0 aliphatic heterocycles. The zero-order valence-electron chi connectivity index (χ0n) is 10.1. The maximum absolute atomic E-state index is 12.1. The summed E-state index contributed by atoms with van der Waals surface area (Å²) in [7, 11) is 0. The van der Waals surface area contributed by atoms with Gasteiger partial charge in [-0.25, -0.2) is 4.79 Å². The van der Waals surface area contributed by atoms with Crippen molar-refractivity contribution in [3.8, 4) is 5.75 Å². The Morgan fingerprint density at radius 2 is 1.89 bits per heavy atom. The van der Waals surface area contributed by atoms with E-state index in [1.165, 1.54) is 18.2 Å². The second-order valence-corrected chi connectivity index (χ2v) is 5.12. The molecule has 6 heteroatoms. The van der Waals surface area contributed by atoms with Crippen molar-refractivity contribution in [1.29, 1.82) is 0 Å². The topological polar surface area (TPSA) is 86.6 Å². The molecule has 0 heterocycles. The van der Waals surface area contributed by atoms with Crippen LogP contribution in [0.3, 0.4) is 0 Å². The molecule has 0 unspecified atom stereocenters. The molecule has 1 saturated carbocycles. The first-order valence-corrected chi connectivity index (χ1v) is 6.37. The Hall–Kier alpha value is -1.75. The summed E-state index contributed by atoms with van der Waals surface area (Å²) in [6, 6.07) is 4.02. The minimum absolute atomic E-state index is 0.0587. The van der Waals surface area contributed by atoms with Crippen LogP contribution >= 0.6 is 11.6 Å². The summed E-state index contributed by atoms with van der Waals surface area (Å²) in [6.07, 6.45) is 2.42. The highest BCUT2D eigenvalue weighted by Crippen LogP contribution is 2.31. The predicted octanol–water partition coefficient (Wildman–Crippen LogP) is 2.17. The molecule has 0 saturated heterocycles. The van der Waals surface area contributed by atoms with Crippen molar-refractivity contribution < 1.29 is 19.8 Å². The molecular formula is C13H14ClNO4. The number of rotatable bonds is 3. The van der Waals surface area contributed by atoms with E-state index in [0.717, 1.165) is 12.8 Å². The maximum atomic E-state index is 12.1. The van der Waals surface area contributed by atoms with Gasteiger partial charge < -0.3 is 15.5 Å². The summed E-state index contributed by atoms with van der Waals surface area (Å²) in [6.45, 7) is 0. The number of carbonyl (C=O) groups is 2. The number of aliphatic carboxylic acids is 1. The van der Waals surface area contributed by atoms with Crippen LogP contribution in [0, 0.1) is 0 Å². The third-order valence-electron chi connectivity index (χ3n) is 3.43. The van der Waals surface area contributed by atoms with Crippen molar-refractivity contribution in [2.75, 3.05) is 0 Å². The second-order valence-electron chi connectivity index (χ2n) is 4.71. The summed E-state index contributed by atoms with van der Waals surface area (Å²) < 4.78 is 0. The molecule has 0 bridgehead atoms. The highest BCUT2D eigenvalue weighted by atomic mass is 35.5. The van der Waals surface area contributed by atoms with Gasteiger partial charge in [-0.1, -0.05) is 24.4 Å². The number of hydrogen-bond acceptors (Lipinski definition) is 3. The van der Waals surface area contributed by atoms with Crippen LogP contribution in [0.25, 0.3) is 0 Å². The molecule has 1 aromatic rings. The van der Waals surface area contributed by atoms with Crippen LogP contribution in [0.5, 0.6) is 5.75 Å². The van der Waals surface area contributed by atoms with Gasteiger partial charge >= 0.3 is 5.97 Å². The normalized spacial score (nSPS) is 17.1. The first kappa shape index (κ1) is 13.7. The van der Waals surface area contributed by atoms with Crippen LogP contribution in [-0.2, 0) is 4.79 Å². The fourth-order valence-electron chi connectivity index (χ4n) is 2.31. The van der Waals surface area contributed by atoms with Crippen LogP contribution in [0.4, 0.5) is 0 Å². The summed E-state index contributed by atoms with van der Waals surface area (Å²) in [5, 5.41) is 21.2. The van der Waals surface area contributed by atoms with Gasteiger partial charge in [-0.2, -0.15) is 0 Å². The first-order valence-electron chi connectivity index (χ1n) is 5.99. The number of benzene rings is 1. The van der Waals surface area contributed by atoms with E-state index < -0.39 is 17.4 Å². The Kier molecular flexibility index (Phi) is 3.66. The molecule has 1 amide bonds. The van der Waals surface area contributed by atoms with Gasteiger partial charge in [0.2, 0.25) is 0 Å². The van der Waals surface area contributed by atoms with Gasteiger partial charge in [0, 0.05) is 5.56 Å². The quantitative estimate of drug-likeness (QED) is 0.793. The van der Waals surface area contributed by atoms with Gasteiger partial charge in [0.1, 0.15) is 11.3 Å². The Labute approximate surface area is 115 Å². The van der Waals surface area contributed by atoms with Crippen molar-refractivity contribution in [3.05, 3.63) is 28.8 Å². The lowest BCUT2D eigenvalue weighted by Gasteiger charge is -2.25. The Morgan fingerprint density at radius 1 is 1.26 bits per heavy atom. The van der Waals surface area contributed by atoms with Crippen LogP contribution in [-0.4, -0.2) is 27.6 Å². The summed E-state index contributed by atoms with van der Waals surface area (Å²) in [5.74, 6) is -1.62. The lowest BCUT2D eigenvalue weighted by atomic mass is 9.97. The second kappa shape index (κ2) is 5.09. The molecule has 1 fully saturated rings. The average Bonchev–Trinajstić information content (AvgIpc) is 2.82. The minimum atomic E-state index is -1.18. The molecule has 0 aromatic heterocycles. The summed E-state index contributed by atoms with van der Waals surface area (Å²) in [5.41, 5.74) is -0.947. The molecule has 1 aliphatic rings. The number of carboxylic acid groups (broad SMARTS) is 1. The number of phenolic OH excluding ortho intramolecular Hbond substituents is 1. The van der Waals surface area contributed by atoms with E-state index in [1.807, 2.05) is 0 Å². The Bertz CT molecular complexity index is 523. The Morgan fingerprint density at radius 3 is 2.42 bits per heavy atom. The van der Waals surface area contributed by atoms with Crippen molar-refractivity contribution in [2.45, 2.75) is 31.2 Å². The molecular weight excluding hydrogens is 270 g/mol. The summed E-state index contributed by atoms with van der Waals surface area (Å²) >= 11 is 5.73. The van der Waals surface area contributed by atoms with Gasteiger partial charge in [0.05, 0.1) is 5.02 Å². The van der Waals surface area contributed by atoms with Crippen molar-refractivity contribution in [1.82, 2.24) is 5.32 Å². The van der Waals surface area contributed by atoms with Crippen molar-refractivity contribution in [2.24, 2.45) is 0 Å². The third kappa shape index (κ3) is 2.66. The zero-order chi connectivity index (χ0) is 14.0. The molecule has 3 N–H and O–H groups in total. The monoisotopic (exact) mass is 283 g/mol. The third-order valence-corrected chi connectivity index (χ3v) is 3.73. The van der Waals surface area contributed by atoms with Gasteiger partial charge in [0.15, 0.2) is 0 Å². The number of hydrogen-bond donors (Lipinski definition) is 3. The fourth-order valence-corrected chi connectivity index (χ4v) is 2.49. The minimum Gasteiger partial charge on any atom is -0.506 e. The molecule has 1 aliphatic carbocycles. The standard InChI is InChI=1S/C13H14ClNO4/c14-9-7-8(3-4-10(9)16)11(17)15-13(12(18)19)5-1-2-6-13/h3-4,7,16H,1-2,5-6H2,(H,15,17)(H,18,19). The van der Waals surface area contributed by atoms with E-state index >= 15 is 0 Å². The number of aromatic hydroxyl groups is 1. The number of phenols is 1. The lowest BCUT2D eigenvalue weighted by Crippen LogP contribution is -2.52. The fraction of sp³-hybridized carbons (Fsp3) is 0.385. The molecule has 0 spiro atoms. The largest absolute Gasteiger partial charge is 0.506 e. The Balaban J connectivity index is 2.20. The molecule has 1 aromatic carbocycles. The molecule has 19 heavy (non-hydrogen) atoms.